The van der Waals surface area contributed by atoms with Gasteiger partial charge in [0.15, 0.2) is 0 Å². The number of hydrogen-bond acceptors (Lipinski definition) is 2. The molecule has 0 aromatic heterocycles. The molecule has 0 bridgehead atoms. The smallest absolute Gasteiger partial charge is 0.239 e. The van der Waals surface area contributed by atoms with Crippen LogP contribution in [0.5, 0.6) is 0 Å². The Labute approximate surface area is 93.2 Å². The van der Waals surface area contributed by atoms with Crippen LogP contribution < -0.4 is 5.32 Å². The minimum Gasteiger partial charge on any atom is -0.347 e. The van der Waals surface area contributed by atoms with Gasteiger partial charge in [0.05, 0.1) is 6.04 Å². The molecule has 1 amide bonds. The van der Waals surface area contributed by atoms with Crippen molar-refractivity contribution >= 4 is 5.91 Å². The van der Waals surface area contributed by atoms with Crippen molar-refractivity contribution < 1.29 is 4.79 Å². The number of carbonyl (C=O) groups excluding carboxylic acids is 1. The zero-order valence-corrected chi connectivity index (χ0v) is 10.4. The first kappa shape index (κ1) is 12.5. The van der Waals surface area contributed by atoms with Crippen LogP contribution in [-0.4, -0.2) is 37.5 Å². The quantitative estimate of drug-likeness (QED) is 0.768. The van der Waals surface area contributed by atoms with Gasteiger partial charge >= 0.3 is 0 Å². The van der Waals surface area contributed by atoms with Gasteiger partial charge in [-0.1, -0.05) is 13.8 Å². The second-order valence-electron chi connectivity index (χ2n) is 5.26. The van der Waals surface area contributed by atoms with Crippen molar-refractivity contribution in [2.45, 2.75) is 39.2 Å². The average Bonchev–Trinajstić information content (AvgIpc) is 2.16. The standard InChI is InChI=1S/C12H24N2O/c1-9(2)7-10-5-6-13-11(8-10)12(15)14(3)4/h9-11,13H,5-8H2,1-4H3. The number of carbonyl (C=O) groups is 1. The maximum Gasteiger partial charge on any atom is 0.239 e. The summed E-state index contributed by atoms with van der Waals surface area (Å²) < 4.78 is 0. The van der Waals surface area contributed by atoms with Crippen LogP contribution in [0.2, 0.25) is 0 Å². The lowest BCUT2D eigenvalue weighted by atomic mass is 9.85. The Bertz CT molecular complexity index is 214. The van der Waals surface area contributed by atoms with Crippen molar-refractivity contribution in [3.8, 4) is 0 Å². The zero-order valence-electron chi connectivity index (χ0n) is 10.4. The van der Waals surface area contributed by atoms with E-state index in [9.17, 15) is 4.79 Å². The second kappa shape index (κ2) is 5.50. The lowest BCUT2D eigenvalue weighted by Crippen LogP contribution is -2.48. The van der Waals surface area contributed by atoms with E-state index in [0.29, 0.717) is 0 Å². The van der Waals surface area contributed by atoms with Crippen molar-refractivity contribution in [1.82, 2.24) is 10.2 Å². The number of rotatable bonds is 3. The Morgan fingerprint density at radius 3 is 2.67 bits per heavy atom. The summed E-state index contributed by atoms with van der Waals surface area (Å²) >= 11 is 0. The third-order valence-electron chi connectivity index (χ3n) is 3.06. The van der Waals surface area contributed by atoms with E-state index in [0.717, 1.165) is 24.8 Å². The van der Waals surface area contributed by atoms with Crippen LogP contribution >= 0.6 is 0 Å². The largest absolute Gasteiger partial charge is 0.347 e. The van der Waals surface area contributed by atoms with Crippen LogP contribution in [0.4, 0.5) is 0 Å². The molecule has 1 aliphatic rings. The molecule has 2 atom stereocenters. The Morgan fingerprint density at radius 1 is 1.47 bits per heavy atom. The highest BCUT2D eigenvalue weighted by Crippen LogP contribution is 2.24. The molecule has 15 heavy (non-hydrogen) atoms. The van der Waals surface area contributed by atoms with Gasteiger partial charge in [-0.3, -0.25) is 4.79 Å². The van der Waals surface area contributed by atoms with Gasteiger partial charge in [-0.15, -0.1) is 0 Å². The predicted molar refractivity (Wildman–Crippen MR) is 62.7 cm³/mol. The van der Waals surface area contributed by atoms with Gasteiger partial charge in [0.2, 0.25) is 5.91 Å². The minimum absolute atomic E-state index is 0.0532. The fraction of sp³-hybridized carbons (Fsp3) is 0.917. The molecule has 1 heterocycles. The molecule has 1 N–H and O–H groups in total. The first-order chi connectivity index (χ1) is 7.00. The summed E-state index contributed by atoms with van der Waals surface area (Å²) in [5.41, 5.74) is 0. The van der Waals surface area contributed by atoms with E-state index in [1.807, 2.05) is 14.1 Å². The van der Waals surface area contributed by atoms with Gasteiger partial charge in [-0.05, 0) is 37.6 Å². The molecule has 1 rings (SSSR count). The first-order valence-electron chi connectivity index (χ1n) is 5.95. The fourth-order valence-corrected chi connectivity index (χ4v) is 2.38. The molecule has 1 aliphatic heterocycles. The van der Waals surface area contributed by atoms with Gasteiger partial charge in [0, 0.05) is 14.1 Å². The van der Waals surface area contributed by atoms with E-state index >= 15 is 0 Å². The van der Waals surface area contributed by atoms with E-state index < -0.39 is 0 Å². The third kappa shape index (κ3) is 3.82. The van der Waals surface area contributed by atoms with Crippen LogP contribution in [0.25, 0.3) is 0 Å². The summed E-state index contributed by atoms with van der Waals surface area (Å²) in [5, 5.41) is 3.31. The Morgan fingerprint density at radius 2 is 2.13 bits per heavy atom. The molecule has 0 aliphatic carbocycles. The molecule has 0 aromatic rings. The van der Waals surface area contributed by atoms with Crippen LogP contribution in [0.3, 0.4) is 0 Å². The Balaban J connectivity index is 2.45. The summed E-state index contributed by atoms with van der Waals surface area (Å²) in [6.45, 7) is 5.50. The van der Waals surface area contributed by atoms with Gasteiger partial charge in [-0.25, -0.2) is 0 Å². The number of hydrogen-bond donors (Lipinski definition) is 1. The Kier molecular flexibility index (Phi) is 4.58. The lowest BCUT2D eigenvalue weighted by molar-refractivity contribution is -0.131. The molecule has 88 valence electrons. The van der Waals surface area contributed by atoms with E-state index in [1.165, 1.54) is 12.8 Å². The normalized spacial score (nSPS) is 26.7. The van der Waals surface area contributed by atoms with E-state index in [1.54, 1.807) is 4.90 Å². The third-order valence-corrected chi connectivity index (χ3v) is 3.06. The maximum atomic E-state index is 11.8. The lowest BCUT2D eigenvalue weighted by Gasteiger charge is -2.31. The van der Waals surface area contributed by atoms with E-state index in [2.05, 4.69) is 19.2 Å². The summed E-state index contributed by atoms with van der Waals surface area (Å²) in [5.74, 6) is 1.69. The van der Waals surface area contributed by atoms with Gasteiger partial charge < -0.3 is 10.2 Å². The topological polar surface area (TPSA) is 32.3 Å². The highest BCUT2D eigenvalue weighted by atomic mass is 16.2. The second-order valence-corrected chi connectivity index (χ2v) is 5.26. The number of nitrogens with zero attached hydrogens (tertiary/aromatic N) is 1. The fourth-order valence-electron chi connectivity index (χ4n) is 2.38. The average molecular weight is 212 g/mol. The number of likely N-dealkylation sites (N-methyl/N-ethyl adjacent to an activating group) is 1. The molecule has 3 heteroatoms. The molecule has 2 unspecified atom stereocenters. The van der Waals surface area contributed by atoms with Crippen molar-refractivity contribution in [2.75, 3.05) is 20.6 Å². The van der Waals surface area contributed by atoms with Crippen LogP contribution in [0.1, 0.15) is 33.1 Å². The molecule has 0 aromatic carbocycles. The van der Waals surface area contributed by atoms with Crippen molar-refractivity contribution in [3.63, 3.8) is 0 Å². The summed E-state index contributed by atoms with van der Waals surface area (Å²) in [4.78, 5) is 13.5. The van der Waals surface area contributed by atoms with Crippen LogP contribution in [-0.2, 0) is 4.79 Å². The van der Waals surface area contributed by atoms with Crippen molar-refractivity contribution in [1.29, 1.82) is 0 Å². The highest BCUT2D eigenvalue weighted by Gasteiger charge is 2.27. The Hall–Kier alpha value is -0.570. The number of amides is 1. The molecular formula is C12H24N2O. The molecule has 1 saturated heterocycles. The first-order valence-corrected chi connectivity index (χ1v) is 5.95. The summed E-state index contributed by atoms with van der Waals surface area (Å²) in [6.07, 6.45) is 3.48. The number of nitrogens with one attached hydrogen (secondary N) is 1. The molecule has 0 spiro atoms. The zero-order chi connectivity index (χ0) is 11.4. The predicted octanol–water partition coefficient (Wildman–Crippen LogP) is 1.49. The van der Waals surface area contributed by atoms with Crippen molar-refractivity contribution in [3.05, 3.63) is 0 Å². The molecule has 1 fully saturated rings. The number of piperidine rings is 1. The van der Waals surface area contributed by atoms with Crippen LogP contribution in [0.15, 0.2) is 0 Å². The van der Waals surface area contributed by atoms with Crippen molar-refractivity contribution in [2.24, 2.45) is 11.8 Å². The van der Waals surface area contributed by atoms with Gasteiger partial charge in [-0.2, -0.15) is 0 Å². The van der Waals surface area contributed by atoms with Crippen LogP contribution in [0, 0.1) is 11.8 Å². The van der Waals surface area contributed by atoms with E-state index in [4.69, 9.17) is 0 Å². The van der Waals surface area contributed by atoms with Gasteiger partial charge in [0.25, 0.3) is 0 Å². The molecule has 3 nitrogen and oxygen atoms in total. The molecule has 0 radical (unpaired) electrons. The molecule has 0 saturated carbocycles. The monoisotopic (exact) mass is 212 g/mol. The van der Waals surface area contributed by atoms with Gasteiger partial charge in [0.1, 0.15) is 0 Å². The minimum atomic E-state index is 0.0532. The summed E-state index contributed by atoms with van der Waals surface area (Å²) in [6, 6.07) is 0.0532. The SMILES string of the molecule is CC(C)CC1CCNC(C(=O)N(C)C)C1. The summed E-state index contributed by atoms with van der Waals surface area (Å²) in [7, 11) is 3.66. The molecular weight excluding hydrogens is 188 g/mol. The highest BCUT2D eigenvalue weighted by molar-refractivity contribution is 5.81. The van der Waals surface area contributed by atoms with E-state index in [-0.39, 0.29) is 11.9 Å². The maximum absolute atomic E-state index is 11.8.